The van der Waals surface area contributed by atoms with E-state index in [0.29, 0.717) is 36.3 Å². The van der Waals surface area contributed by atoms with Crippen LogP contribution in [0, 0.1) is 5.92 Å². The fourth-order valence-electron chi connectivity index (χ4n) is 3.33. The van der Waals surface area contributed by atoms with E-state index in [2.05, 4.69) is 5.32 Å². The van der Waals surface area contributed by atoms with Crippen LogP contribution in [-0.4, -0.2) is 40.9 Å². The summed E-state index contributed by atoms with van der Waals surface area (Å²) in [5, 5.41) is 11.9. The molecule has 6 nitrogen and oxygen atoms in total. The number of hydrogen-bond acceptors (Lipinski definition) is 3. The first-order chi connectivity index (χ1) is 13.0. The Kier molecular flexibility index (Phi) is 5.86. The number of hydrogen-bond donors (Lipinski definition) is 2. The van der Waals surface area contributed by atoms with Gasteiger partial charge in [-0.1, -0.05) is 36.4 Å². The Morgan fingerprint density at radius 3 is 2.48 bits per heavy atom. The summed E-state index contributed by atoms with van der Waals surface area (Å²) in [5.41, 5.74) is 1.69. The van der Waals surface area contributed by atoms with Gasteiger partial charge in [0.05, 0.1) is 12.3 Å². The minimum absolute atomic E-state index is 0.0700. The third-order valence-electron chi connectivity index (χ3n) is 4.72. The molecule has 1 aliphatic heterocycles. The number of piperidine rings is 1. The van der Waals surface area contributed by atoms with Crippen molar-refractivity contribution in [1.82, 2.24) is 4.90 Å². The lowest BCUT2D eigenvalue weighted by Gasteiger charge is -2.32. The van der Waals surface area contributed by atoms with E-state index in [1.165, 1.54) is 0 Å². The number of carbonyl (C=O) groups excluding carboxylic acids is 2. The Labute approximate surface area is 157 Å². The van der Waals surface area contributed by atoms with Gasteiger partial charge in [0.2, 0.25) is 5.91 Å². The Bertz CT molecular complexity index is 835. The summed E-state index contributed by atoms with van der Waals surface area (Å²) in [4.78, 5) is 38.1. The van der Waals surface area contributed by atoms with Crippen LogP contribution < -0.4 is 5.32 Å². The standard InChI is InChI=1S/C21H22N2O4/c24-19(25)13-16-9-4-5-11-18(16)22-20(26)17-10-6-12-23(14-17)21(27)15-7-2-1-3-8-15/h1-5,7-9,11,17H,6,10,12-14H2,(H,22,26)(H,24,25). The maximum Gasteiger partial charge on any atom is 0.307 e. The third kappa shape index (κ3) is 4.73. The van der Waals surface area contributed by atoms with Crippen molar-refractivity contribution in [3.8, 4) is 0 Å². The van der Waals surface area contributed by atoms with Crippen LogP contribution >= 0.6 is 0 Å². The second kappa shape index (κ2) is 8.49. The van der Waals surface area contributed by atoms with E-state index in [0.717, 1.165) is 6.42 Å². The van der Waals surface area contributed by atoms with Gasteiger partial charge < -0.3 is 15.3 Å². The van der Waals surface area contributed by atoms with E-state index in [-0.39, 0.29) is 24.2 Å². The van der Waals surface area contributed by atoms with E-state index >= 15 is 0 Å². The number of rotatable bonds is 5. The summed E-state index contributed by atoms with van der Waals surface area (Å²) in [6.45, 7) is 0.994. The number of nitrogens with zero attached hydrogens (tertiary/aromatic N) is 1. The molecule has 27 heavy (non-hydrogen) atoms. The van der Waals surface area contributed by atoms with Crippen molar-refractivity contribution in [1.29, 1.82) is 0 Å². The maximum absolute atomic E-state index is 12.7. The summed E-state index contributed by atoms with van der Waals surface area (Å²) in [5.74, 6) is -1.52. The normalized spacial score (nSPS) is 16.6. The van der Waals surface area contributed by atoms with Crippen molar-refractivity contribution in [2.24, 2.45) is 5.92 Å². The van der Waals surface area contributed by atoms with Crippen molar-refractivity contribution >= 4 is 23.5 Å². The number of carboxylic acids is 1. The van der Waals surface area contributed by atoms with Crippen LogP contribution in [0.25, 0.3) is 0 Å². The van der Waals surface area contributed by atoms with Gasteiger partial charge in [-0.3, -0.25) is 14.4 Å². The van der Waals surface area contributed by atoms with Gasteiger partial charge in [-0.15, -0.1) is 0 Å². The average molecular weight is 366 g/mol. The number of nitrogens with one attached hydrogen (secondary N) is 1. The molecule has 1 aliphatic rings. The molecule has 0 aliphatic carbocycles. The number of carboxylic acid groups (broad SMARTS) is 1. The molecule has 140 valence electrons. The molecule has 0 saturated carbocycles. The Hall–Kier alpha value is -3.15. The van der Waals surface area contributed by atoms with Crippen LogP contribution in [0.4, 0.5) is 5.69 Å². The smallest absolute Gasteiger partial charge is 0.307 e. The zero-order valence-electron chi connectivity index (χ0n) is 14.9. The molecule has 1 heterocycles. The molecule has 1 unspecified atom stereocenters. The van der Waals surface area contributed by atoms with Crippen LogP contribution in [0.15, 0.2) is 54.6 Å². The van der Waals surface area contributed by atoms with Crippen molar-refractivity contribution in [2.75, 3.05) is 18.4 Å². The molecule has 6 heteroatoms. The van der Waals surface area contributed by atoms with E-state index in [1.54, 1.807) is 41.3 Å². The van der Waals surface area contributed by atoms with E-state index < -0.39 is 5.97 Å². The molecule has 0 radical (unpaired) electrons. The molecule has 3 rings (SSSR count). The molecule has 0 aromatic heterocycles. The largest absolute Gasteiger partial charge is 0.481 e. The predicted octanol–water partition coefficient (Wildman–Crippen LogP) is 2.80. The number of likely N-dealkylation sites (tertiary alicyclic amines) is 1. The van der Waals surface area contributed by atoms with Gasteiger partial charge in [-0.2, -0.15) is 0 Å². The molecule has 2 aromatic carbocycles. The lowest BCUT2D eigenvalue weighted by atomic mass is 9.96. The van der Waals surface area contributed by atoms with Gasteiger partial charge in [-0.05, 0) is 36.6 Å². The van der Waals surface area contributed by atoms with Crippen molar-refractivity contribution in [2.45, 2.75) is 19.3 Å². The van der Waals surface area contributed by atoms with Gasteiger partial charge in [-0.25, -0.2) is 0 Å². The van der Waals surface area contributed by atoms with Crippen LogP contribution in [-0.2, 0) is 16.0 Å². The highest BCUT2D eigenvalue weighted by atomic mass is 16.4. The molecule has 0 bridgehead atoms. The van der Waals surface area contributed by atoms with Gasteiger partial charge >= 0.3 is 5.97 Å². The number of aliphatic carboxylic acids is 1. The number of para-hydroxylation sites is 1. The molecule has 1 atom stereocenters. The lowest BCUT2D eigenvalue weighted by molar-refractivity contribution is -0.136. The molecular weight excluding hydrogens is 344 g/mol. The highest BCUT2D eigenvalue weighted by Crippen LogP contribution is 2.22. The summed E-state index contributed by atoms with van der Waals surface area (Å²) in [6.07, 6.45) is 1.30. The topological polar surface area (TPSA) is 86.7 Å². The Balaban J connectivity index is 1.67. The molecule has 0 spiro atoms. The van der Waals surface area contributed by atoms with E-state index in [9.17, 15) is 14.4 Å². The number of amides is 2. The summed E-state index contributed by atoms with van der Waals surface area (Å²) in [6, 6.07) is 15.9. The third-order valence-corrected chi connectivity index (χ3v) is 4.72. The van der Waals surface area contributed by atoms with Gasteiger partial charge in [0.1, 0.15) is 0 Å². The molecule has 1 fully saturated rings. The summed E-state index contributed by atoms with van der Waals surface area (Å²) >= 11 is 0. The van der Waals surface area contributed by atoms with E-state index in [4.69, 9.17) is 5.11 Å². The number of benzene rings is 2. The highest BCUT2D eigenvalue weighted by molar-refractivity contribution is 5.96. The highest BCUT2D eigenvalue weighted by Gasteiger charge is 2.29. The number of anilines is 1. The molecule has 2 amide bonds. The molecule has 1 saturated heterocycles. The zero-order valence-corrected chi connectivity index (χ0v) is 14.9. The number of carbonyl (C=O) groups is 3. The summed E-state index contributed by atoms with van der Waals surface area (Å²) < 4.78 is 0. The Morgan fingerprint density at radius 2 is 1.74 bits per heavy atom. The van der Waals surface area contributed by atoms with Crippen molar-refractivity contribution in [3.63, 3.8) is 0 Å². The second-order valence-electron chi connectivity index (χ2n) is 6.67. The van der Waals surface area contributed by atoms with Crippen LogP contribution in [0.5, 0.6) is 0 Å². The second-order valence-corrected chi connectivity index (χ2v) is 6.67. The average Bonchev–Trinajstić information content (AvgIpc) is 2.69. The van der Waals surface area contributed by atoms with Crippen molar-refractivity contribution in [3.05, 3.63) is 65.7 Å². The van der Waals surface area contributed by atoms with Gasteiger partial charge in [0.15, 0.2) is 0 Å². The quantitative estimate of drug-likeness (QED) is 0.852. The van der Waals surface area contributed by atoms with Gasteiger partial charge in [0.25, 0.3) is 5.91 Å². The predicted molar refractivity (Wildman–Crippen MR) is 101 cm³/mol. The fourth-order valence-corrected chi connectivity index (χ4v) is 3.33. The molecular formula is C21H22N2O4. The SMILES string of the molecule is O=C(O)Cc1ccccc1NC(=O)C1CCCN(C(=O)c2ccccc2)C1. The maximum atomic E-state index is 12.7. The van der Waals surface area contributed by atoms with Crippen LogP contribution in [0.3, 0.4) is 0 Å². The van der Waals surface area contributed by atoms with Crippen LogP contribution in [0.2, 0.25) is 0 Å². The first-order valence-electron chi connectivity index (χ1n) is 8.99. The van der Waals surface area contributed by atoms with E-state index in [1.807, 2.05) is 18.2 Å². The zero-order chi connectivity index (χ0) is 19.2. The van der Waals surface area contributed by atoms with Crippen molar-refractivity contribution < 1.29 is 19.5 Å². The first-order valence-corrected chi connectivity index (χ1v) is 8.99. The molecule has 2 aromatic rings. The van der Waals surface area contributed by atoms with Gasteiger partial charge in [0, 0.05) is 24.3 Å². The minimum atomic E-state index is -0.950. The van der Waals surface area contributed by atoms with Crippen LogP contribution in [0.1, 0.15) is 28.8 Å². The summed E-state index contributed by atoms with van der Waals surface area (Å²) in [7, 11) is 0. The Morgan fingerprint density at radius 1 is 1.04 bits per heavy atom. The monoisotopic (exact) mass is 366 g/mol. The lowest BCUT2D eigenvalue weighted by Crippen LogP contribution is -2.43. The molecule has 2 N–H and O–H groups in total. The minimum Gasteiger partial charge on any atom is -0.481 e. The first kappa shape index (κ1) is 18.6. The fraction of sp³-hybridized carbons (Fsp3) is 0.286.